The van der Waals surface area contributed by atoms with Gasteiger partial charge in [-0.3, -0.25) is 4.68 Å². The van der Waals surface area contributed by atoms with Crippen LogP contribution in [0.4, 0.5) is 5.69 Å². The summed E-state index contributed by atoms with van der Waals surface area (Å²) in [5.41, 5.74) is 1.03. The predicted octanol–water partition coefficient (Wildman–Crippen LogP) is 2.39. The van der Waals surface area contributed by atoms with Gasteiger partial charge in [0.25, 0.3) is 0 Å². The van der Waals surface area contributed by atoms with Gasteiger partial charge in [-0.15, -0.1) is 0 Å². The number of nitrogens with one attached hydrogen (secondary N) is 1. The van der Waals surface area contributed by atoms with Gasteiger partial charge in [0, 0.05) is 18.9 Å². The summed E-state index contributed by atoms with van der Waals surface area (Å²) < 4.78 is 7.44. The lowest BCUT2D eigenvalue weighted by Gasteiger charge is -2.11. The van der Waals surface area contributed by atoms with Crippen LogP contribution in [0.25, 0.3) is 0 Å². The fourth-order valence-corrected chi connectivity index (χ4v) is 1.63. The third-order valence-electron chi connectivity index (χ3n) is 2.40. The first-order valence-corrected chi connectivity index (χ1v) is 5.83. The molecule has 4 heteroatoms. The number of hydrogen-bond acceptors (Lipinski definition) is 3. The molecule has 2 rings (SSSR count). The fraction of sp³-hybridized carbons (Fsp3) is 0.308. The highest BCUT2D eigenvalue weighted by atomic mass is 16.5. The van der Waals surface area contributed by atoms with Crippen molar-refractivity contribution in [2.24, 2.45) is 0 Å². The molecule has 0 fully saturated rings. The van der Waals surface area contributed by atoms with Crippen LogP contribution in [0.5, 0.6) is 5.75 Å². The topological polar surface area (TPSA) is 39.1 Å². The zero-order valence-corrected chi connectivity index (χ0v) is 9.97. The van der Waals surface area contributed by atoms with Gasteiger partial charge in [0.1, 0.15) is 5.75 Å². The van der Waals surface area contributed by atoms with Crippen molar-refractivity contribution in [3.63, 3.8) is 0 Å². The van der Waals surface area contributed by atoms with Crippen LogP contribution in [-0.4, -0.2) is 22.9 Å². The van der Waals surface area contributed by atoms with E-state index in [9.17, 15) is 0 Å². The van der Waals surface area contributed by atoms with E-state index in [0.717, 1.165) is 24.5 Å². The molecule has 1 aromatic heterocycles. The van der Waals surface area contributed by atoms with Crippen molar-refractivity contribution in [2.75, 3.05) is 18.5 Å². The summed E-state index contributed by atoms with van der Waals surface area (Å²) in [5, 5.41) is 7.50. The minimum absolute atomic E-state index is 0.678. The molecule has 1 heterocycles. The summed E-state index contributed by atoms with van der Waals surface area (Å²) >= 11 is 0. The molecule has 0 atom stereocenters. The zero-order valence-electron chi connectivity index (χ0n) is 9.97. The van der Waals surface area contributed by atoms with Crippen molar-refractivity contribution in [2.45, 2.75) is 13.5 Å². The third-order valence-corrected chi connectivity index (χ3v) is 2.40. The van der Waals surface area contributed by atoms with Gasteiger partial charge in [-0.2, -0.15) is 5.10 Å². The first kappa shape index (κ1) is 11.5. The minimum atomic E-state index is 0.678. The summed E-state index contributed by atoms with van der Waals surface area (Å²) in [4.78, 5) is 0. The van der Waals surface area contributed by atoms with Gasteiger partial charge in [0.15, 0.2) is 0 Å². The molecule has 4 nitrogen and oxygen atoms in total. The molecule has 2 aromatic rings. The summed E-state index contributed by atoms with van der Waals surface area (Å²) in [6.07, 6.45) is 3.74. The lowest BCUT2D eigenvalue weighted by Crippen LogP contribution is -2.11. The maximum Gasteiger partial charge on any atom is 0.142 e. The lowest BCUT2D eigenvalue weighted by atomic mass is 10.3. The first-order valence-electron chi connectivity index (χ1n) is 5.83. The number of benzene rings is 1. The van der Waals surface area contributed by atoms with Crippen LogP contribution >= 0.6 is 0 Å². The molecule has 17 heavy (non-hydrogen) atoms. The largest absolute Gasteiger partial charge is 0.492 e. The molecule has 1 N–H and O–H groups in total. The Balaban J connectivity index is 1.89. The molecule has 1 aromatic carbocycles. The maximum absolute atomic E-state index is 5.54. The molecule has 0 bridgehead atoms. The highest BCUT2D eigenvalue weighted by Crippen LogP contribution is 2.23. The molecule has 0 aliphatic rings. The number of ether oxygens (including phenoxy) is 1. The van der Waals surface area contributed by atoms with Crippen molar-refractivity contribution in [3.8, 4) is 5.75 Å². The SMILES string of the molecule is CCOc1ccccc1NCCn1cccn1. The van der Waals surface area contributed by atoms with E-state index in [1.807, 2.05) is 48.1 Å². The Morgan fingerprint density at radius 1 is 1.29 bits per heavy atom. The van der Waals surface area contributed by atoms with Gasteiger partial charge in [-0.05, 0) is 25.1 Å². The Bertz CT molecular complexity index is 440. The Morgan fingerprint density at radius 3 is 2.94 bits per heavy atom. The number of nitrogens with zero attached hydrogens (tertiary/aromatic N) is 2. The smallest absolute Gasteiger partial charge is 0.142 e. The van der Waals surface area contributed by atoms with E-state index >= 15 is 0 Å². The van der Waals surface area contributed by atoms with E-state index in [4.69, 9.17) is 4.74 Å². The van der Waals surface area contributed by atoms with Crippen LogP contribution in [-0.2, 0) is 6.54 Å². The summed E-state index contributed by atoms with van der Waals surface area (Å²) in [5.74, 6) is 0.899. The molecule has 0 unspecified atom stereocenters. The summed E-state index contributed by atoms with van der Waals surface area (Å²) in [7, 11) is 0. The van der Waals surface area contributed by atoms with Gasteiger partial charge >= 0.3 is 0 Å². The van der Waals surface area contributed by atoms with E-state index in [2.05, 4.69) is 10.4 Å². The molecule has 0 aliphatic heterocycles. The average Bonchev–Trinajstić information content (AvgIpc) is 2.85. The van der Waals surface area contributed by atoms with E-state index in [0.29, 0.717) is 6.61 Å². The predicted molar refractivity (Wildman–Crippen MR) is 68.3 cm³/mol. The van der Waals surface area contributed by atoms with Gasteiger partial charge < -0.3 is 10.1 Å². The van der Waals surface area contributed by atoms with Gasteiger partial charge in [0.2, 0.25) is 0 Å². The number of rotatable bonds is 6. The van der Waals surface area contributed by atoms with E-state index in [1.165, 1.54) is 0 Å². The molecule has 0 aliphatic carbocycles. The molecule has 0 spiro atoms. The van der Waals surface area contributed by atoms with Crippen molar-refractivity contribution in [1.82, 2.24) is 9.78 Å². The maximum atomic E-state index is 5.54. The Kier molecular flexibility index (Phi) is 4.02. The molecule has 90 valence electrons. The average molecular weight is 231 g/mol. The third kappa shape index (κ3) is 3.24. The van der Waals surface area contributed by atoms with Crippen LogP contribution in [0.2, 0.25) is 0 Å². The molecular weight excluding hydrogens is 214 g/mol. The number of anilines is 1. The normalized spacial score (nSPS) is 10.2. The van der Waals surface area contributed by atoms with E-state index in [1.54, 1.807) is 6.20 Å². The fourth-order valence-electron chi connectivity index (χ4n) is 1.63. The van der Waals surface area contributed by atoms with E-state index in [-0.39, 0.29) is 0 Å². The minimum Gasteiger partial charge on any atom is -0.492 e. The second-order valence-corrected chi connectivity index (χ2v) is 3.63. The Hall–Kier alpha value is -1.97. The first-order chi connectivity index (χ1) is 8.40. The van der Waals surface area contributed by atoms with Gasteiger partial charge in [-0.1, -0.05) is 12.1 Å². The molecule has 0 saturated carbocycles. The zero-order chi connectivity index (χ0) is 11.9. The second-order valence-electron chi connectivity index (χ2n) is 3.63. The standard InChI is InChI=1S/C13H17N3O/c1-2-17-13-7-4-3-6-12(13)14-9-11-16-10-5-8-15-16/h3-8,10,14H,2,9,11H2,1H3. The van der Waals surface area contributed by atoms with Crippen LogP contribution in [0.1, 0.15) is 6.92 Å². The highest BCUT2D eigenvalue weighted by Gasteiger charge is 2.00. The van der Waals surface area contributed by atoms with Gasteiger partial charge in [0.05, 0.1) is 18.8 Å². The quantitative estimate of drug-likeness (QED) is 0.829. The summed E-state index contributed by atoms with van der Waals surface area (Å²) in [6.45, 7) is 4.33. The molecular formula is C13H17N3O. The molecule has 0 saturated heterocycles. The highest BCUT2D eigenvalue weighted by molar-refractivity contribution is 5.56. The Morgan fingerprint density at radius 2 is 2.18 bits per heavy atom. The number of para-hydroxylation sites is 2. The monoisotopic (exact) mass is 231 g/mol. The van der Waals surface area contributed by atoms with Crippen molar-refractivity contribution in [1.29, 1.82) is 0 Å². The molecule has 0 radical (unpaired) electrons. The van der Waals surface area contributed by atoms with Crippen molar-refractivity contribution >= 4 is 5.69 Å². The van der Waals surface area contributed by atoms with Crippen molar-refractivity contribution < 1.29 is 4.74 Å². The lowest BCUT2D eigenvalue weighted by molar-refractivity contribution is 0.341. The van der Waals surface area contributed by atoms with Crippen LogP contribution in [0.15, 0.2) is 42.7 Å². The van der Waals surface area contributed by atoms with Gasteiger partial charge in [-0.25, -0.2) is 0 Å². The van der Waals surface area contributed by atoms with Crippen LogP contribution < -0.4 is 10.1 Å². The molecule has 0 amide bonds. The number of aromatic nitrogens is 2. The van der Waals surface area contributed by atoms with Crippen LogP contribution in [0, 0.1) is 0 Å². The van der Waals surface area contributed by atoms with E-state index < -0.39 is 0 Å². The van der Waals surface area contributed by atoms with Crippen molar-refractivity contribution in [3.05, 3.63) is 42.7 Å². The van der Waals surface area contributed by atoms with Crippen LogP contribution in [0.3, 0.4) is 0 Å². The number of hydrogen-bond donors (Lipinski definition) is 1. The Labute approximate surface area is 101 Å². The summed E-state index contributed by atoms with van der Waals surface area (Å²) in [6, 6.07) is 9.89. The second kappa shape index (κ2) is 5.94.